The van der Waals surface area contributed by atoms with Crippen molar-refractivity contribution in [2.75, 3.05) is 26.7 Å². The molecule has 20 heavy (non-hydrogen) atoms. The molecule has 2 rings (SSSR count). The Morgan fingerprint density at radius 2 is 2.25 bits per heavy atom. The van der Waals surface area contributed by atoms with Crippen molar-refractivity contribution in [1.29, 1.82) is 0 Å². The van der Waals surface area contributed by atoms with E-state index in [9.17, 15) is 10.1 Å². The number of hydrogen-bond donors (Lipinski definition) is 1. The summed E-state index contributed by atoms with van der Waals surface area (Å²) < 4.78 is 0. The Balaban J connectivity index is 1.95. The molecule has 1 heterocycles. The molecular formula is C15H23N3O2. The van der Waals surface area contributed by atoms with Crippen molar-refractivity contribution < 1.29 is 4.92 Å². The minimum Gasteiger partial charge on any atom is -0.310 e. The summed E-state index contributed by atoms with van der Waals surface area (Å²) >= 11 is 0. The van der Waals surface area contributed by atoms with Gasteiger partial charge in [-0.1, -0.05) is 18.2 Å². The van der Waals surface area contributed by atoms with Crippen molar-refractivity contribution in [3.05, 3.63) is 39.9 Å². The second-order valence-corrected chi connectivity index (χ2v) is 5.72. The molecule has 1 aromatic rings. The lowest BCUT2D eigenvalue weighted by Crippen LogP contribution is -2.38. The largest absolute Gasteiger partial charge is 0.310 e. The van der Waals surface area contributed by atoms with E-state index in [1.165, 1.54) is 19.4 Å². The quantitative estimate of drug-likeness (QED) is 0.664. The second-order valence-electron chi connectivity index (χ2n) is 5.72. The summed E-state index contributed by atoms with van der Waals surface area (Å²) in [5, 5.41) is 14.5. The van der Waals surface area contributed by atoms with Crippen molar-refractivity contribution in [2.24, 2.45) is 5.92 Å². The van der Waals surface area contributed by atoms with Crippen LogP contribution in [0.4, 0.5) is 5.69 Å². The minimum absolute atomic E-state index is 0.00355. The lowest BCUT2D eigenvalue weighted by atomic mass is 9.97. The molecule has 0 radical (unpaired) electrons. The number of piperidine rings is 1. The summed E-state index contributed by atoms with van der Waals surface area (Å²) in [5.41, 5.74) is 0.968. The van der Waals surface area contributed by atoms with E-state index in [-0.39, 0.29) is 16.7 Å². The number of rotatable bonds is 5. The molecule has 0 aromatic heterocycles. The molecule has 1 fully saturated rings. The highest BCUT2D eigenvalue weighted by Gasteiger charge is 2.21. The Hall–Kier alpha value is -1.46. The van der Waals surface area contributed by atoms with Gasteiger partial charge in [-0.25, -0.2) is 0 Å². The number of nitrogens with zero attached hydrogens (tertiary/aromatic N) is 2. The Bertz CT molecular complexity index is 464. The summed E-state index contributed by atoms with van der Waals surface area (Å²) in [5.74, 6) is 0.638. The first kappa shape index (κ1) is 14.9. The van der Waals surface area contributed by atoms with Gasteiger partial charge < -0.3 is 10.2 Å². The lowest BCUT2D eigenvalue weighted by Gasteiger charge is -2.30. The van der Waals surface area contributed by atoms with E-state index in [0.717, 1.165) is 18.7 Å². The summed E-state index contributed by atoms with van der Waals surface area (Å²) in [7, 11) is 2.15. The van der Waals surface area contributed by atoms with Crippen LogP contribution in [0.25, 0.3) is 0 Å². The van der Waals surface area contributed by atoms with Crippen LogP contribution in [0.3, 0.4) is 0 Å². The number of benzene rings is 1. The maximum atomic E-state index is 11.0. The molecule has 0 amide bonds. The zero-order chi connectivity index (χ0) is 14.5. The molecule has 0 aliphatic carbocycles. The number of nitro benzene ring substituents is 1. The SMILES string of the molecule is CC(NCC1CCCN(C)C1)c1ccccc1[N+](=O)[O-]. The van der Waals surface area contributed by atoms with Gasteiger partial charge in [-0.2, -0.15) is 0 Å². The van der Waals surface area contributed by atoms with Gasteiger partial charge in [-0.15, -0.1) is 0 Å². The van der Waals surface area contributed by atoms with Crippen molar-refractivity contribution in [3.8, 4) is 0 Å². The van der Waals surface area contributed by atoms with Crippen LogP contribution in [0.15, 0.2) is 24.3 Å². The van der Waals surface area contributed by atoms with E-state index in [1.807, 2.05) is 19.1 Å². The smallest absolute Gasteiger partial charge is 0.274 e. The zero-order valence-electron chi connectivity index (χ0n) is 12.2. The number of likely N-dealkylation sites (tertiary alicyclic amines) is 1. The third-order valence-electron chi connectivity index (χ3n) is 4.03. The van der Waals surface area contributed by atoms with Gasteiger partial charge in [0.2, 0.25) is 0 Å². The third kappa shape index (κ3) is 3.77. The first-order valence-corrected chi connectivity index (χ1v) is 7.23. The van der Waals surface area contributed by atoms with Gasteiger partial charge in [0.1, 0.15) is 0 Å². The molecule has 1 aliphatic rings. The van der Waals surface area contributed by atoms with Crippen LogP contribution in [0.1, 0.15) is 31.4 Å². The first-order chi connectivity index (χ1) is 9.58. The van der Waals surface area contributed by atoms with Crippen LogP contribution in [0.2, 0.25) is 0 Å². The van der Waals surface area contributed by atoms with Gasteiger partial charge in [-0.05, 0) is 45.8 Å². The van der Waals surface area contributed by atoms with Crippen molar-refractivity contribution in [2.45, 2.75) is 25.8 Å². The molecule has 2 atom stereocenters. The highest BCUT2D eigenvalue weighted by atomic mass is 16.6. The van der Waals surface area contributed by atoms with Crippen LogP contribution >= 0.6 is 0 Å². The molecule has 1 aromatic carbocycles. The highest BCUT2D eigenvalue weighted by Crippen LogP contribution is 2.25. The predicted molar refractivity (Wildman–Crippen MR) is 79.7 cm³/mol. The standard InChI is InChI=1S/C15H23N3O2/c1-12(14-7-3-4-8-15(14)18(19)20)16-10-13-6-5-9-17(2)11-13/h3-4,7-8,12-13,16H,5-6,9-11H2,1-2H3. The van der Waals surface area contributed by atoms with Gasteiger partial charge in [0.15, 0.2) is 0 Å². The normalized spacial score (nSPS) is 21.6. The van der Waals surface area contributed by atoms with Crippen LogP contribution < -0.4 is 5.32 Å². The van der Waals surface area contributed by atoms with Crippen LogP contribution in [0, 0.1) is 16.0 Å². The van der Waals surface area contributed by atoms with Crippen LogP contribution in [0.5, 0.6) is 0 Å². The van der Waals surface area contributed by atoms with Gasteiger partial charge in [-0.3, -0.25) is 10.1 Å². The molecule has 1 N–H and O–H groups in total. The minimum atomic E-state index is -0.304. The van der Waals surface area contributed by atoms with E-state index in [1.54, 1.807) is 12.1 Å². The van der Waals surface area contributed by atoms with E-state index >= 15 is 0 Å². The molecule has 0 bridgehead atoms. The maximum absolute atomic E-state index is 11.0. The molecule has 1 aliphatic heterocycles. The van der Waals surface area contributed by atoms with Crippen LogP contribution in [-0.2, 0) is 0 Å². The van der Waals surface area contributed by atoms with Crippen molar-refractivity contribution in [3.63, 3.8) is 0 Å². The van der Waals surface area contributed by atoms with Gasteiger partial charge in [0.05, 0.1) is 4.92 Å². The molecule has 5 nitrogen and oxygen atoms in total. The Labute approximate surface area is 120 Å². The van der Waals surface area contributed by atoms with Gasteiger partial charge in [0, 0.05) is 24.2 Å². The Morgan fingerprint density at radius 1 is 1.50 bits per heavy atom. The highest BCUT2D eigenvalue weighted by molar-refractivity contribution is 5.41. The summed E-state index contributed by atoms with van der Waals surface area (Å²) in [4.78, 5) is 13.1. The molecule has 2 unspecified atom stereocenters. The van der Waals surface area contributed by atoms with Crippen LogP contribution in [-0.4, -0.2) is 36.5 Å². The average molecular weight is 277 g/mol. The molecule has 0 spiro atoms. The summed E-state index contributed by atoms with van der Waals surface area (Å²) in [6, 6.07) is 6.98. The van der Waals surface area contributed by atoms with Crippen molar-refractivity contribution in [1.82, 2.24) is 10.2 Å². The molecule has 1 saturated heterocycles. The van der Waals surface area contributed by atoms with E-state index in [0.29, 0.717) is 5.92 Å². The number of para-hydroxylation sites is 1. The second kappa shape index (κ2) is 6.81. The topological polar surface area (TPSA) is 58.4 Å². The lowest BCUT2D eigenvalue weighted by molar-refractivity contribution is -0.385. The van der Waals surface area contributed by atoms with Crippen molar-refractivity contribution >= 4 is 5.69 Å². The maximum Gasteiger partial charge on any atom is 0.274 e. The molecule has 5 heteroatoms. The number of nitrogens with one attached hydrogen (secondary N) is 1. The number of nitro groups is 1. The monoisotopic (exact) mass is 277 g/mol. The Kier molecular flexibility index (Phi) is 5.09. The van der Waals surface area contributed by atoms with Gasteiger partial charge >= 0.3 is 0 Å². The molecular weight excluding hydrogens is 254 g/mol. The number of hydrogen-bond acceptors (Lipinski definition) is 4. The average Bonchev–Trinajstić information content (AvgIpc) is 2.45. The fourth-order valence-corrected chi connectivity index (χ4v) is 2.91. The molecule has 0 saturated carbocycles. The zero-order valence-corrected chi connectivity index (χ0v) is 12.2. The molecule has 110 valence electrons. The Morgan fingerprint density at radius 3 is 2.95 bits per heavy atom. The van der Waals surface area contributed by atoms with E-state index < -0.39 is 0 Å². The fourth-order valence-electron chi connectivity index (χ4n) is 2.91. The first-order valence-electron chi connectivity index (χ1n) is 7.23. The summed E-state index contributed by atoms with van der Waals surface area (Å²) in [6.45, 7) is 5.19. The fraction of sp³-hybridized carbons (Fsp3) is 0.600. The van der Waals surface area contributed by atoms with Gasteiger partial charge in [0.25, 0.3) is 5.69 Å². The third-order valence-corrected chi connectivity index (χ3v) is 4.03. The van der Waals surface area contributed by atoms with E-state index in [2.05, 4.69) is 17.3 Å². The van der Waals surface area contributed by atoms with E-state index in [4.69, 9.17) is 0 Å². The summed E-state index contributed by atoms with van der Waals surface area (Å²) in [6.07, 6.45) is 2.48. The predicted octanol–water partition coefficient (Wildman–Crippen LogP) is 2.59.